The maximum atomic E-state index is 11.7. The molecule has 0 saturated heterocycles. The Balaban J connectivity index is 2.30. The quantitative estimate of drug-likeness (QED) is 0.371. The third-order valence-electron chi connectivity index (χ3n) is 5.71. The number of nitrogens with two attached hydrogens (primary N) is 2. The summed E-state index contributed by atoms with van der Waals surface area (Å²) in [5.41, 5.74) is 13.4. The van der Waals surface area contributed by atoms with Gasteiger partial charge in [-0.25, -0.2) is 4.79 Å². The second-order valence-corrected chi connectivity index (χ2v) is 8.45. The zero-order valence-corrected chi connectivity index (χ0v) is 18.8. The topological polar surface area (TPSA) is 142 Å². The van der Waals surface area contributed by atoms with Crippen molar-refractivity contribution < 1.29 is 29.0 Å². The van der Waals surface area contributed by atoms with Gasteiger partial charge < -0.3 is 26.0 Å². The van der Waals surface area contributed by atoms with E-state index >= 15 is 0 Å². The van der Waals surface area contributed by atoms with Gasteiger partial charge in [-0.2, -0.15) is 0 Å². The lowest BCUT2D eigenvalue weighted by atomic mass is 9.82. The van der Waals surface area contributed by atoms with Crippen molar-refractivity contribution in [2.75, 3.05) is 6.61 Å². The highest BCUT2D eigenvalue weighted by Crippen LogP contribution is 2.43. The van der Waals surface area contributed by atoms with Crippen molar-refractivity contribution in [2.24, 2.45) is 11.5 Å². The molecule has 0 radical (unpaired) electrons. The number of primary amides is 1. The summed E-state index contributed by atoms with van der Waals surface area (Å²) in [6.45, 7) is 5.89. The summed E-state index contributed by atoms with van der Waals surface area (Å²) in [6.07, 6.45) is 7.13. The van der Waals surface area contributed by atoms with Crippen LogP contribution in [0.15, 0.2) is 29.4 Å². The van der Waals surface area contributed by atoms with Crippen molar-refractivity contribution >= 4 is 18.7 Å². The van der Waals surface area contributed by atoms with Crippen LogP contribution in [-0.2, 0) is 6.42 Å². The molecule has 0 aromatic heterocycles. The van der Waals surface area contributed by atoms with Crippen LogP contribution in [-0.4, -0.2) is 42.0 Å². The first-order valence-electron chi connectivity index (χ1n) is 10.6. The largest absolute Gasteiger partial charge is 0.485 e. The van der Waals surface area contributed by atoms with E-state index < -0.39 is 17.7 Å². The summed E-state index contributed by atoms with van der Waals surface area (Å²) in [7, 11) is 0. The van der Waals surface area contributed by atoms with Crippen molar-refractivity contribution in [3.63, 3.8) is 0 Å². The molecule has 0 bridgehead atoms. The fourth-order valence-corrected chi connectivity index (χ4v) is 3.78. The molecule has 174 valence electrons. The van der Waals surface area contributed by atoms with Gasteiger partial charge in [0.05, 0.1) is 12.2 Å². The molecule has 32 heavy (non-hydrogen) atoms. The van der Waals surface area contributed by atoms with E-state index in [2.05, 4.69) is 6.08 Å². The number of allylic oxidation sites excluding steroid dienone is 3. The van der Waals surface area contributed by atoms with Crippen molar-refractivity contribution in [3.8, 4) is 11.5 Å². The number of amides is 1. The highest BCUT2D eigenvalue weighted by atomic mass is 16.6. The summed E-state index contributed by atoms with van der Waals surface area (Å²) >= 11 is 0. The summed E-state index contributed by atoms with van der Waals surface area (Å²) in [4.78, 5) is 34.5. The fourth-order valence-electron chi connectivity index (χ4n) is 3.78. The number of ether oxygens (including phenoxy) is 2. The van der Waals surface area contributed by atoms with E-state index in [-0.39, 0.29) is 35.7 Å². The van der Waals surface area contributed by atoms with Crippen molar-refractivity contribution in [3.05, 3.63) is 46.1 Å². The number of hydrogen-bond acceptors (Lipinski definition) is 7. The van der Waals surface area contributed by atoms with E-state index in [4.69, 9.17) is 20.9 Å². The third kappa shape index (κ3) is 6.05. The number of aldehydes is 2. The standard InChI is InChI=1S/C24H32N2O6/c1-15(2)6-4-7-16(12-27)8-5-9-24(3)21(25)11-18-20(31-23(26)30)10-17(13-28)19(14-29)22(18)32-24/h6,8,10,13-14,21,27H,4-5,7,9,11-12,25H2,1-3H3,(H2,26,30)/b16-8-. The van der Waals surface area contributed by atoms with E-state index in [1.165, 1.54) is 11.6 Å². The monoisotopic (exact) mass is 444 g/mol. The first-order chi connectivity index (χ1) is 15.1. The van der Waals surface area contributed by atoms with Gasteiger partial charge in [0.15, 0.2) is 12.6 Å². The smallest absolute Gasteiger partial charge is 0.409 e. The van der Waals surface area contributed by atoms with Crippen molar-refractivity contribution in [1.29, 1.82) is 0 Å². The number of aliphatic hydroxyl groups is 1. The number of rotatable bonds is 10. The maximum absolute atomic E-state index is 11.7. The molecule has 1 aromatic carbocycles. The first-order valence-corrected chi connectivity index (χ1v) is 10.6. The highest BCUT2D eigenvalue weighted by Gasteiger charge is 2.41. The zero-order chi connectivity index (χ0) is 23.9. The minimum atomic E-state index is -1.04. The van der Waals surface area contributed by atoms with Gasteiger partial charge in [-0.1, -0.05) is 17.7 Å². The van der Waals surface area contributed by atoms with Crippen LogP contribution < -0.4 is 20.9 Å². The van der Waals surface area contributed by atoms with Crippen LogP contribution in [0.3, 0.4) is 0 Å². The van der Waals surface area contributed by atoms with Crippen LogP contribution in [0.1, 0.15) is 72.7 Å². The molecule has 2 atom stereocenters. The Bertz CT molecular complexity index is 933. The molecule has 1 heterocycles. The Morgan fingerprint density at radius 1 is 1.28 bits per heavy atom. The Hall–Kier alpha value is -2.97. The van der Waals surface area contributed by atoms with Crippen LogP contribution in [0.25, 0.3) is 0 Å². The maximum Gasteiger partial charge on any atom is 0.409 e. The third-order valence-corrected chi connectivity index (χ3v) is 5.71. The number of carbonyl (C=O) groups is 3. The van der Waals surface area contributed by atoms with Gasteiger partial charge in [0.2, 0.25) is 0 Å². The number of fused-ring (bicyclic) bond motifs is 1. The predicted molar refractivity (Wildman–Crippen MR) is 121 cm³/mol. The summed E-state index contributed by atoms with van der Waals surface area (Å²) in [6, 6.07) is 0.824. The summed E-state index contributed by atoms with van der Waals surface area (Å²) in [5.74, 6) is 0.236. The second-order valence-electron chi connectivity index (χ2n) is 8.45. The van der Waals surface area contributed by atoms with Crippen LogP contribution >= 0.6 is 0 Å². The molecule has 0 saturated carbocycles. The van der Waals surface area contributed by atoms with E-state index in [1.54, 1.807) is 0 Å². The van der Waals surface area contributed by atoms with Gasteiger partial charge in [0, 0.05) is 17.2 Å². The lowest BCUT2D eigenvalue weighted by Gasteiger charge is -2.41. The van der Waals surface area contributed by atoms with Gasteiger partial charge >= 0.3 is 6.09 Å². The fraction of sp³-hybridized carbons (Fsp3) is 0.458. The van der Waals surface area contributed by atoms with Gasteiger partial charge in [0.1, 0.15) is 17.1 Å². The van der Waals surface area contributed by atoms with Gasteiger partial charge in [0.25, 0.3) is 0 Å². The summed E-state index contributed by atoms with van der Waals surface area (Å²) < 4.78 is 11.2. The molecule has 5 N–H and O–H groups in total. The van der Waals surface area contributed by atoms with Crippen molar-refractivity contribution in [1.82, 2.24) is 0 Å². The number of hydrogen-bond donors (Lipinski definition) is 3. The molecule has 2 rings (SSSR count). The molecular weight excluding hydrogens is 412 g/mol. The Morgan fingerprint density at radius 2 is 2.00 bits per heavy atom. The molecule has 1 amide bonds. The van der Waals surface area contributed by atoms with Crippen LogP contribution in [0, 0.1) is 0 Å². The average molecular weight is 445 g/mol. The number of carbonyl (C=O) groups excluding carboxylic acids is 3. The lowest BCUT2D eigenvalue weighted by molar-refractivity contribution is 0.0362. The minimum Gasteiger partial charge on any atom is -0.485 e. The number of benzene rings is 1. The Labute approximate surface area is 188 Å². The molecular formula is C24H32N2O6. The highest BCUT2D eigenvalue weighted by molar-refractivity contribution is 5.95. The van der Waals surface area contributed by atoms with Gasteiger partial charge in [-0.05, 0) is 64.5 Å². The molecule has 0 aliphatic carbocycles. The van der Waals surface area contributed by atoms with Crippen LogP contribution in [0.4, 0.5) is 4.79 Å². The Morgan fingerprint density at radius 3 is 2.56 bits per heavy atom. The molecule has 8 heteroatoms. The zero-order valence-electron chi connectivity index (χ0n) is 18.8. The van der Waals surface area contributed by atoms with E-state index in [1.807, 2.05) is 26.8 Å². The molecule has 1 aliphatic heterocycles. The predicted octanol–water partition coefficient (Wildman–Crippen LogP) is 3.24. The summed E-state index contributed by atoms with van der Waals surface area (Å²) in [5, 5.41) is 9.63. The average Bonchev–Trinajstić information content (AvgIpc) is 2.73. The van der Waals surface area contributed by atoms with E-state index in [0.29, 0.717) is 31.0 Å². The van der Waals surface area contributed by atoms with Gasteiger partial charge in [-0.15, -0.1) is 0 Å². The normalized spacial score (nSPS) is 20.0. The Kier molecular flexibility index (Phi) is 8.74. The SMILES string of the molecule is CC(C)=CCC/C(=C/CCC1(C)Oc2c(C=O)c(C=O)cc(OC(N)=O)c2CC1N)CO. The van der Waals surface area contributed by atoms with E-state index in [9.17, 15) is 19.5 Å². The minimum absolute atomic E-state index is 0.0190. The van der Waals surface area contributed by atoms with Crippen molar-refractivity contribution in [2.45, 2.75) is 64.5 Å². The molecule has 1 aromatic rings. The molecule has 8 nitrogen and oxygen atoms in total. The molecule has 0 fully saturated rings. The molecule has 1 aliphatic rings. The van der Waals surface area contributed by atoms with Crippen LogP contribution in [0.5, 0.6) is 11.5 Å². The number of aliphatic hydroxyl groups excluding tert-OH is 1. The molecule has 0 spiro atoms. The van der Waals surface area contributed by atoms with E-state index in [0.717, 1.165) is 18.4 Å². The lowest BCUT2D eigenvalue weighted by Crippen LogP contribution is -2.54. The van der Waals surface area contributed by atoms with Crippen LogP contribution in [0.2, 0.25) is 0 Å². The second kappa shape index (κ2) is 11.1. The molecule has 2 unspecified atom stereocenters. The first kappa shape index (κ1) is 25.3. The van der Waals surface area contributed by atoms with Gasteiger partial charge in [-0.3, -0.25) is 9.59 Å².